The lowest BCUT2D eigenvalue weighted by molar-refractivity contribution is -0.386. The van der Waals surface area contributed by atoms with Gasteiger partial charge in [-0.2, -0.15) is 8.42 Å². The highest BCUT2D eigenvalue weighted by Gasteiger charge is 2.76. The van der Waals surface area contributed by atoms with Crippen molar-refractivity contribution in [2.75, 3.05) is 26.9 Å². The number of carbonyl (C=O) groups is 1. The van der Waals surface area contributed by atoms with Crippen LogP contribution in [-0.4, -0.2) is 210 Å². The first-order valence-corrected chi connectivity index (χ1v) is 26.4. The fraction of sp³-hybridized carbons (Fsp3) is 0.896. The van der Waals surface area contributed by atoms with E-state index >= 15 is 0 Å². The summed E-state index contributed by atoms with van der Waals surface area (Å²) in [5.41, 5.74) is 0.529. The number of hydrogen-bond donors (Lipinski definition) is 9. The summed E-state index contributed by atoms with van der Waals surface area (Å²) in [5, 5.41) is 88.3. The van der Waals surface area contributed by atoms with E-state index in [1.165, 1.54) is 19.6 Å². The third-order valence-corrected chi connectivity index (χ3v) is 18.9. The largest absolute Gasteiger partial charge is 0.461 e. The van der Waals surface area contributed by atoms with Crippen molar-refractivity contribution in [3.63, 3.8) is 0 Å². The summed E-state index contributed by atoms with van der Waals surface area (Å²) in [4.78, 5) is 13.7. The second-order valence-electron chi connectivity index (χ2n) is 22.7. The van der Waals surface area contributed by atoms with Crippen molar-refractivity contribution >= 4 is 16.4 Å². The van der Waals surface area contributed by atoms with Crippen LogP contribution in [0, 0.1) is 39.4 Å². The van der Waals surface area contributed by atoms with Gasteiger partial charge in [0.1, 0.15) is 85.5 Å². The van der Waals surface area contributed by atoms with Crippen LogP contribution in [-0.2, 0) is 66.7 Å². The minimum absolute atomic E-state index is 0.0360. The van der Waals surface area contributed by atoms with E-state index in [0.717, 1.165) is 24.8 Å². The highest BCUT2D eigenvalue weighted by atomic mass is 32.3. The van der Waals surface area contributed by atoms with E-state index in [0.29, 0.717) is 19.3 Å². The van der Waals surface area contributed by atoms with E-state index in [1.807, 2.05) is 6.92 Å². The number of esters is 1. The van der Waals surface area contributed by atoms with Crippen LogP contribution in [0.25, 0.3) is 0 Å². The molecule has 0 unspecified atom stereocenters. The first-order valence-electron chi connectivity index (χ1n) is 25.0. The fourth-order valence-corrected chi connectivity index (χ4v) is 15.4. The summed E-state index contributed by atoms with van der Waals surface area (Å²) in [6.45, 7) is 14.8. The molecule has 9 N–H and O–H groups in total. The summed E-state index contributed by atoms with van der Waals surface area (Å²) in [5.74, 6) is 0.106. The Labute approximate surface area is 418 Å². The zero-order valence-electron chi connectivity index (χ0n) is 41.6. The van der Waals surface area contributed by atoms with Gasteiger partial charge in [0.15, 0.2) is 25.2 Å². The second kappa shape index (κ2) is 19.9. The lowest BCUT2D eigenvalue weighted by atomic mass is 9.40. The average molecular weight is 1050 g/mol. The standard InChI is InChI=1S/C48H74O23S/c1-19(2)29-24-15-47(7)22-9-10-27-45(4,5)28(12-13-46(27,6)21(22)11-14-48(29,47)44(57)66-24)67-43-39(31(52)26(18-63-43)71-72(58,59)60)70-41-33(54)32(53)36(20(3)64-41)68-42-35(56)38(30(51)25(16-49)65-42)69-40-34(55)37(61-8)23(50)17-62-40/h9,20-21,23-43,49-56H,1,10-18H2,2-8H3,(H,58,59,60)/t20-,21-,23-,24+,25-,26-,27+,28+,29+,30-,31+,32-,33-,34-,35-,36-,37+,38+,39-,40+,41+,42+,43+,46-,47+,48-/m1/s1. The van der Waals surface area contributed by atoms with Crippen molar-refractivity contribution in [2.24, 2.45) is 39.4 Å². The second-order valence-corrected chi connectivity index (χ2v) is 23.8. The quantitative estimate of drug-likeness (QED) is 0.0615. The Morgan fingerprint density at radius 2 is 1.44 bits per heavy atom. The minimum Gasteiger partial charge on any atom is -0.461 e. The molecule has 0 amide bonds. The summed E-state index contributed by atoms with van der Waals surface area (Å²) in [6.07, 6.45) is -23.1. The zero-order chi connectivity index (χ0) is 52.4. The average Bonchev–Trinajstić information content (AvgIpc) is 3.74. The fourth-order valence-electron chi connectivity index (χ4n) is 14.9. The number of aliphatic hydroxyl groups is 8. The van der Waals surface area contributed by atoms with E-state index in [9.17, 15) is 58.6 Å². The molecule has 0 radical (unpaired) electrons. The number of allylic oxidation sites excluding steroid dienone is 2. The van der Waals surface area contributed by atoms with Crippen molar-refractivity contribution < 1.29 is 110 Å². The molecule has 2 bridgehead atoms. The maximum Gasteiger partial charge on any atom is 0.397 e. The topological polar surface area (TPSA) is 335 Å². The van der Waals surface area contributed by atoms with Crippen LogP contribution in [0.1, 0.15) is 80.1 Å². The van der Waals surface area contributed by atoms with Gasteiger partial charge in [-0.3, -0.25) is 9.35 Å². The van der Waals surface area contributed by atoms with Gasteiger partial charge in [0, 0.05) is 18.4 Å². The summed E-state index contributed by atoms with van der Waals surface area (Å²) in [6, 6.07) is 0. The van der Waals surface area contributed by atoms with Crippen molar-refractivity contribution in [2.45, 2.75) is 203 Å². The Bertz CT molecular complexity index is 2160. The van der Waals surface area contributed by atoms with Crippen LogP contribution in [0.3, 0.4) is 0 Å². The van der Waals surface area contributed by atoms with Gasteiger partial charge in [0.25, 0.3) is 0 Å². The maximum absolute atomic E-state index is 13.7. The minimum atomic E-state index is -5.13. The lowest BCUT2D eigenvalue weighted by Crippen LogP contribution is -2.66. The van der Waals surface area contributed by atoms with Gasteiger partial charge in [-0.25, -0.2) is 4.18 Å². The van der Waals surface area contributed by atoms with E-state index in [2.05, 4.69) is 40.3 Å². The molecule has 9 rings (SSSR count). The van der Waals surface area contributed by atoms with Crippen molar-refractivity contribution in [1.82, 2.24) is 0 Å². The molecule has 0 aromatic rings. The number of ether oxygens (including phenoxy) is 10. The molecule has 5 saturated heterocycles. The molecule has 3 saturated carbocycles. The SMILES string of the molecule is C=C(C)[C@H]1[C@@H]2C[C@@]3(C)C4=CC[C@H]5C(C)(C)[C@@H](O[C@@H]6OC[C@@H](OS(=O)(=O)O)[C@H](O)[C@H]6O[C@@H]6O[C@H](C)[C@@H](O[C@@H]7O[C@H](CO)[C@@H](O)[C@H](O[C@@H]8OC[C@@H](O)[C@H](OC)[C@H]8O)[C@H]7O)[C@H](O)[C@H]6O)CC[C@]5(C)[C@@H]4CC[C@]13C(=O)O2. The summed E-state index contributed by atoms with van der Waals surface area (Å²) in [7, 11) is -3.88. The maximum atomic E-state index is 13.7. The van der Waals surface area contributed by atoms with E-state index in [4.69, 9.17) is 51.6 Å². The monoisotopic (exact) mass is 1050 g/mol. The molecule has 5 heterocycles. The Hall–Kier alpha value is -1.86. The third kappa shape index (κ3) is 8.87. The van der Waals surface area contributed by atoms with Gasteiger partial charge in [0.2, 0.25) is 0 Å². The lowest BCUT2D eigenvalue weighted by Gasteiger charge is -2.64. The molecule has 1 spiro atoms. The molecular formula is C48H74O23S. The molecular weight excluding hydrogens is 977 g/mol. The normalized spacial score (nSPS) is 52.1. The van der Waals surface area contributed by atoms with Crippen molar-refractivity contribution in [1.29, 1.82) is 0 Å². The van der Waals surface area contributed by atoms with Gasteiger partial charge in [0.05, 0.1) is 37.4 Å². The van der Waals surface area contributed by atoms with Crippen molar-refractivity contribution in [3.05, 3.63) is 23.8 Å². The third-order valence-electron chi connectivity index (χ3n) is 18.5. The molecule has 4 aliphatic carbocycles. The molecule has 5 aliphatic heterocycles. The molecule has 0 aromatic heterocycles. The predicted molar refractivity (Wildman–Crippen MR) is 242 cm³/mol. The number of hydrogen-bond acceptors (Lipinski definition) is 22. The molecule has 24 heteroatoms. The van der Waals surface area contributed by atoms with Crippen molar-refractivity contribution in [3.8, 4) is 0 Å². The Morgan fingerprint density at radius 3 is 2.11 bits per heavy atom. The van der Waals surface area contributed by atoms with Crippen LogP contribution >= 0.6 is 0 Å². The van der Waals surface area contributed by atoms with Gasteiger partial charge in [-0.15, -0.1) is 0 Å². The first kappa shape index (κ1) is 54.9. The van der Waals surface area contributed by atoms with Crippen LogP contribution in [0.15, 0.2) is 23.8 Å². The van der Waals surface area contributed by atoms with Crippen LogP contribution in [0.4, 0.5) is 0 Å². The number of methoxy groups -OCH3 is 1. The molecule has 0 aromatic carbocycles. The Balaban J connectivity index is 0.904. The molecule has 23 nitrogen and oxygen atoms in total. The molecule has 9 aliphatic rings. The van der Waals surface area contributed by atoms with E-state index in [1.54, 1.807) is 0 Å². The summed E-state index contributed by atoms with van der Waals surface area (Å²) >= 11 is 0. The molecule has 72 heavy (non-hydrogen) atoms. The Kier molecular flexibility index (Phi) is 15.1. The zero-order valence-corrected chi connectivity index (χ0v) is 42.4. The Morgan fingerprint density at radius 1 is 0.792 bits per heavy atom. The van der Waals surface area contributed by atoms with Gasteiger partial charge in [-0.1, -0.05) is 51.5 Å². The van der Waals surface area contributed by atoms with Gasteiger partial charge < -0.3 is 88.2 Å². The van der Waals surface area contributed by atoms with E-state index < -0.39 is 151 Å². The highest BCUT2D eigenvalue weighted by Crippen LogP contribution is 2.76. The number of aliphatic hydroxyl groups excluding tert-OH is 8. The van der Waals surface area contributed by atoms with Crippen LogP contribution in [0.5, 0.6) is 0 Å². The molecule has 410 valence electrons. The highest BCUT2D eigenvalue weighted by molar-refractivity contribution is 7.80. The predicted octanol–water partition coefficient (Wildman–Crippen LogP) is -0.872. The number of rotatable bonds is 13. The van der Waals surface area contributed by atoms with Gasteiger partial charge in [-0.05, 0) is 75.0 Å². The number of carbonyl (C=O) groups excluding carboxylic acids is 1. The number of fused-ring (bicyclic) bond motifs is 5. The van der Waals surface area contributed by atoms with Crippen LogP contribution < -0.4 is 0 Å². The molecule has 26 atom stereocenters. The van der Waals surface area contributed by atoms with E-state index in [-0.39, 0.29) is 47.3 Å². The molecule has 8 fully saturated rings. The summed E-state index contributed by atoms with van der Waals surface area (Å²) < 4.78 is 97.1. The van der Waals surface area contributed by atoms with Crippen LogP contribution in [0.2, 0.25) is 0 Å². The smallest absolute Gasteiger partial charge is 0.397 e. The van der Waals surface area contributed by atoms with Gasteiger partial charge >= 0.3 is 16.4 Å². The first-order chi connectivity index (χ1) is 33.7.